The molecule has 6 rings (SSSR count). The molecule has 16 nitrogen and oxygen atoms in total. The lowest BCUT2D eigenvalue weighted by molar-refractivity contribution is -0.141. The summed E-state index contributed by atoms with van der Waals surface area (Å²) in [7, 11) is 0. The van der Waals surface area contributed by atoms with Gasteiger partial charge in [0.25, 0.3) is 11.1 Å². The molecule has 0 aliphatic rings. The number of aliphatic carboxylic acids is 2. The predicted octanol–water partition coefficient (Wildman–Crippen LogP) is 2.30. The van der Waals surface area contributed by atoms with Crippen LogP contribution in [-0.4, -0.2) is 99.1 Å². The van der Waals surface area contributed by atoms with Crippen LogP contribution in [0.2, 0.25) is 10.0 Å². The SMILES string of the molecule is Cc1nn2cc(-c3cccc(-c4cccc(-c5cc6c(=O)n(CCN[C@@H](CO)C(=O)O)c(C)nn6c5)c4Cl)c3Cl)cc2c(=O)n1CCN[C@@H](CO)C(=O)O. The molecule has 6 aromatic rings. The van der Waals surface area contributed by atoms with E-state index in [4.69, 9.17) is 23.2 Å². The Morgan fingerprint density at radius 1 is 0.685 bits per heavy atom. The lowest BCUT2D eigenvalue weighted by Gasteiger charge is -2.13. The van der Waals surface area contributed by atoms with Crippen molar-refractivity contribution in [2.24, 2.45) is 0 Å². The number of aromatic nitrogens is 6. The third-order valence-electron chi connectivity index (χ3n) is 9.14. The van der Waals surface area contributed by atoms with E-state index in [2.05, 4.69) is 20.8 Å². The Balaban J connectivity index is 1.30. The van der Waals surface area contributed by atoms with Gasteiger partial charge in [-0.3, -0.25) is 28.3 Å². The Hall–Kier alpha value is -5.36. The molecule has 0 saturated heterocycles. The molecule has 0 unspecified atom stereocenters. The van der Waals surface area contributed by atoms with Gasteiger partial charge in [-0.15, -0.1) is 0 Å². The average molecular weight is 780 g/mol. The number of carboxylic acid groups (broad SMARTS) is 2. The number of aliphatic hydroxyl groups is 2. The number of hydrogen-bond acceptors (Lipinski definition) is 10. The van der Waals surface area contributed by atoms with E-state index in [1.54, 1.807) is 38.4 Å². The van der Waals surface area contributed by atoms with Gasteiger partial charge in [-0.1, -0.05) is 59.6 Å². The van der Waals surface area contributed by atoms with Crippen molar-refractivity contribution in [1.82, 2.24) is 39.0 Å². The topological polar surface area (TPSA) is 218 Å². The zero-order valence-corrected chi connectivity index (χ0v) is 30.5. The summed E-state index contributed by atoms with van der Waals surface area (Å²) in [5.41, 5.74) is 3.63. The number of halogens is 2. The molecule has 2 atom stereocenters. The third kappa shape index (κ3) is 7.39. The first kappa shape index (κ1) is 38.4. The minimum atomic E-state index is -1.20. The molecule has 282 valence electrons. The highest BCUT2D eigenvalue weighted by Gasteiger charge is 2.21. The summed E-state index contributed by atoms with van der Waals surface area (Å²) in [6.07, 6.45) is 3.40. The van der Waals surface area contributed by atoms with Gasteiger partial charge in [-0.2, -0.15) is 10.2 Å². The predicted molar refractivity (Wildman–Crippen MR) is 201 cm³/mol. The fourth-order valence-electron chi connectivity index (χ4n) is 6.29. The first-order valence-corrected chi connectivity index (χ1v) is 17.5. The van der Waals surface area contributed by atoms with Crippen LogP contribution in [0.15, 0.2) is 70.5 Å². The van der Waals surface area contributed by atoms with Gasteiger partial charge in [-0.25, -0.2) is 9.03 Å². The Bertz CT molecular complexity index is 2350. The van der Waals surface area contributed by atoms with Crippen LogP contribution in [0.3, 0.4) is 0 Å². The summed E-state index contributed by atoms with van der Waals surface area (Å²) in [6.45, 7) is 2.65. The molecule has 0 aliphatic heterocycles. The van der Waals surface area contributed by atoms with Crippen LogP contribution < -0.4 is 21.8 Å². The number of fused-ring (bicyclic) bond motifs is 2. The minimum absolute atomic E-state index is 0.116. The summed E-state index contributed by atoms with van der Waals surface area (Å²) in [5.74, 6) is -1.59. The summed E-state index contributed by atoms with van der Waals surface area (Å²) in [5, 5.41) is 52.1. The van der Waals surface area contributed by atoms with Crippen molar-refractivity contribution in [3.63, 3.8) is 0 Å². The monoisotopic (exact) mass is 778 g/mol. The number of benzene rings is 2. The quantitative estimate of drug-likeness (QED) is 0.0886. The highest BCUT2D eigenvalue weighted by Crippen LogP contribution is 2.42. The van der Waals surface area contributed by atoms with Crippen LogP contribution in [-0.2, 0) is 22.7 Å². The first-order valence-electron chi connectivity index (χ1n) is 16.8. The van der Waals surface area contributed by atoms with Crippen molar-refractivity contribution in [2.75, 3.05) is 26.3 Å². The van der Waals surface area contributed by atoms with E-state index < -0.39 is 37.2 Å². The molecule has 0 fully saturated rings. The van der Waals surface area contributed by atoms with Gasteiger partial charge in [0.05, 0.1) is 23.3 Å². The van der Waals surface area contributed by atoms with Crippen LogP contribution in [0.25, 0.3) is 44.4 Å². The molecule has 54 heavy (non-hydrogen) atoms. The Kier molecular flexibility index (Phi) is 11.3. The molecular formula is C36H36Cl2N8O8. The molecule has 2 aromatic carbocycles. The van der Waals surface area contributed by atoms with E-state index in [1.807, 2.05) is 36.4 Å². The van der Waals surface area contributed by atoms with Crippen LogP contribution in [0.5, 0.6) is 0 Å². The first-order chi connectivity index (χ1) is 25.8. The molecule has 18 heteroatoms. The summed E-state index contributed by atoms with van der Waals surface area (Å²) < 4.78 is 5.80. The second-order valence-corrected chi connectivity index (χ2v) is 13.3. The van der Waals surface area contributed by atoms with E-state index >= 15 is 0 Å². The van der Waals surface area contributed by atoms with Crippen LogP contribution in [0.4, 0.5) is 0 Å². The Morgan fingerprint density at radius 2 is 1.06 bits per heavy atom. The average Bonchev–Trinajstić information content (AvgIpc) is 3.76. The van der Waals surface area contributed by atoms with Crippen molar-refractivity contribution in [3.05, 3.63) is 103 Å². The summed E-state index contributed by atoms with van der Waals surface area (Å²) in [6, 6.07) is 12.0. The molecule has 0 saturated carbocycles. The van der Waals surface area contributed by atoms with Crippen LogP contribution in [0, 0.1) is 13.8 Å². The van der Waals surface area contributed by atoms with Gasteiger partial charge in [0.2, 0.25) is 0 Å². The summed E-state index contributed by atoms with van der Waals surface area (Å²) in [4.78, 5) is 49.4. The lowest BCUT2D eigenvalue weighted by Crippen LogP contribution is -2.42. The Morgan fingerprint density at radius 3 is 1.41 bits per heavy atom. The van der Waals surface area contributed by atoms with Crippen molar-refractivity contribution < 1.29 is 30.0 Å². The van der Waals surface area contributed by atoms with Crippen molar-refractivity contribution >= 4 is 46.2 Å². The van der Waals surface area contributed by atoms with Gasteiger partial charge in [-0.05, 0) is 26.0 Å². The van der Waals surface area contributed by atoms with Gasteiger partial charge in [0, 0.05) is 72.0 Å². The number of carboxylic acids is 2. The number of nitrogens with one attached hydrogen (secondary N) is 2. The molecule has 0 radical (unpaired) electrons. The molecule has 0 bridgehead atoms. The third-order valence-corrected chi connectivity index (χ3v) is 9.95. The summed E-state index contributed by atoms with van der Waals surface area (Å²) >= 11 is 14.1. The fourth-order valence-corrected chi connectivity index (χ4v) is 6.96. The highest BCUT2D eigenvalue weighted by molar-refractivity contribution is 6.39. The molecule has 0 spiro atoms. The Labute approximate surface area is 316 Å². The molecular weight excluding hydrogens is 743 g/mol. The molecule has 0 amide bonds. The maximum atomic E-state index is 13.5. The van der Waals surface area contributed by atoms with Gasteiger partial charge in [0.1, 0.15) is 34.8 Å². The van der Waals surface area contributed by atoms with Crippen molar-refractivity contribution in [1.29, 1.82) is 0 Å². The maximum absolute atomic E-state index is 13.5. The number of aryl methyl sites for hydroxylation is 2. The van der Waals surface area contributed by atoms with E-state index in [0.29, 0.717) is 55.1 Å². The maximum Gasteiger partial charge on any atom is 0.323 e. The normalized spacial score (nSPS) is 12.8. The second-order valence-electron chi connectivity index (χ2n) is 12.5. The van der Waals surface area contributed by atoms with E-state index in [-0.39, 0.29) is 48.3 Å². The number of rotatable bonds is 15. The van der Waals surface area contributed by atoms with E-state index in [0.717, 1.165) is 0 Å². The van der Waals surface area contributed by atoms with Gasteiger partial charge < -0.3 is 31.1 Å². The number of hydrogen-bond donors (Lipinski definition) is 6. The zero-order valence-electron chi connectivity index (χ0n) is 29.0. The zero-order chi connectivity index (χ0) is 38.8. The number of nitrogens with zero attached hydrogens (tertiary/aromatic N) is 6. The lowest BCUT2D eigenvalue weighted by atomic mass is 9.97. The second kappa shape index (κ2) is 15.9. The molecule has 4 aromatic heterocycles. The molecule has 0 aliphatic carbocycles. The van der Waals surface area contributed by atoms with Crippen LogP contribution >= 0.6 is 23.2 Å². The number of carbonyl (C=O) groups is 2. The largest absolute Gasteiger partial charge is 0.480 e. The molecule has 6 N–H and O–H groups in total. The van der Waals surface area contributed by atoms with E-state index in [9.17, 15) is 39.6 Å². The fraction of sp³-hybridized carbons (Fsp3) is 0.278. The standard InChI is InChI=1S/C36H36Cl2N8O8/c1-19-41-45-15-21(13-29(45)33(49)43(19)11-9-39-27(17-47)35(51)52)23-5-3-7-25(31(23)37)26-8-4-6-24(32(26)38)22-14-30-34(50)44(20(2)42-46(30)16-22)12-10-40-28(18-48)36(53)54/h3-8,13-16,27-28,39-40,47-48H,9-12,17-18H2,1-2H3,(H,51,52)(H,53,54)/t27-,28-/m0/s1. The molecule has 4 heterocycles. The smallest absolute Gasteiger partial charge is 0.323 e. The number of aliphatic hydroxyl groups excluding tert-OH is 2. The van der Waals surface area contributed by atoms with Gasteiger partial charge in [0.15, 0.2) is 0 Å². The van der Waals surface area contributed by atoms with Crippen molar-refractivity contribution in [3.8, 4) is 33.4 Å². The van der Waals surface area contributed by atoms with E-state index in [1.165, 1.54) is 18.2 Å². The van der Waals surface area contributed by atoms with Gasteiger partial charge >= 0.3 is 11.9 Å². The van der Waals surface area contributed by atoms with Crippen molar-refractivity contribution in [2.45, 2.75) is 39.0 Å². The van der Waals surface area contributed by atoms with Crippen LogP contribution in [0.1, 0.15) is 11.6 Å². The minimum Gasteiger partial charge on any atom is -0.480 e. The highest BCUT2D eigenvalue weighted by atomic mass is 35.5.